The smallest absolute Gasteiger partial charge is 0.407 e. The highest BCUT2D eigenvalue weighted by Gasteiger charge is 2.17. The summed E-state index contributed by atoms with van der Waals surface area (Å²) in [7, 11) is 0. The van der Waals surface area contributed by atoms with Gasteiger partial charge in [0.25, 0.3) is 0 Å². The van der Waals surface area contributed by atoms with Crippen LogP contribution in [0, 0.1) is 0 Å². The third-order valence-corrected chi connectivity index (χ3v) is 6.28. The van der Waals surface area contributed by atoms with Crippen molar-refractivity contribution < 1.29 is 19.0 Å². The molecule has 0 fully saturated rings. The fraction of sp³-hybridized carbons (Fsp3) is 0.364. The van der Waals surface area contributed by atoms with E-state index < -0.39 is 11.7 Å². The SMILES string of the molecule is CCCCOc1ccc(/C(=C(\CC)c2ccccc2Cl)c2ccc(OCCNC(=O)OC(C)(C)C)cc2)cc1. The standard InChI is InChI=1S/C33H40ClNO4/c1-6-8-22-37-26-17-13-24(14-18-26)31(28(7-2)29-11-9-10-12-30(29)34)25-15-19-27(20-16-25)38-23-21-35-32(36)39-33(3,4)5/h9-20H,6-8,21-23H2,1-5H3,(H,35,36)/b31-28-. The Bertz CT molecular complexity index is 1230. The summed E-state index contributed by atoms with van der Waals surface area (Å²) >= 11 is 6.65. The van der Waals surface area contributed by atoms with Gasteiger partial charge in [-0.25, -0.2) is 4.79 Å². The molecule has 1 N–H and O–H groups in total. The number of amides is 1. The van der Waals surface area contributed by atoms with Gasteiger partial charge in [-0.3, -0.25) is 0 Å². The predicted octanol–water partition coefficient (Wildman–Crippen LogP) is 8.79. The van der Waals surface area contributed by atoms with Gasteiger partial charge >= 0.3 is 6.09 Å². The largest absolute Gasteiger partial charge is 0.494 e. The van der Waals surface area contributed by atoms with E-state index in [-0.39, 0.29) is 0 Å². The number of nitrogens with one attached hydrogen (secondary N) is 1. The van der Waals surface area contributed by atoms with Crippen molar-refractivity contribution in [2.24, 2.45) is 0 Å². The first-order valence-electron chi connectivity index (χ1n) is 13.6. The maximum atomic E-state index is 11.8. The molecule has 0 unspecified atom stereocenters. The normalized spacial score (nSPS) is 11.9. The maximum absolute atomic E-state index is 11.8. The van der Waals surface area contributed by atoms with E-state index in [2.05, 4.69) is 49.5 Å². The summed E-state index contributed by atoms with van der Waals surface area (Å²) in [6.07, 6.45) is 2.49. The van der Waals surface area contributed by atoms with Crippen molar-refractivity contribution in [2.45, 2.75) is 59.5 Å². The summed E-state index contributed by atoms with van der Waals surface area (Å²) in [5.74, 6) is 1.59. The molecule has 0 aromatic heterocycles. The van der Waals surface area contributed by atoms with Crippen molar-refractivity contribution in [1.29, 1.82) is 0 Å². The quantitative estimate of drug-likeness (QED) is 0.181. The minimum atomic E-state index is -0.532. The lowest BCUT2D eigenvalue weighted by Crippen LogP contribution is -2.34. The Morgan fingerprint density at radius 2 is 1.38 bits per heavy atom. The molecule has 0 aliphatic rings. The molecule has 0 bridgehead atoms. The van der Waals surface area contributed by atoms with Crippen LogP contribution in [0.4, 0.5) is 4.79 Å². The van der Waals surface area contributed by atoms with Crippen LogP contribution in [-0.2, 0) is 4.74 Å². The van der Waals surface area contributed by atoms with Crippen LogP contribution in [-0.4, -0.2) is 31.5 Å². The van der Waals surface area contributed by atoms with Gasteiger partial charge in [-0.05, 0) is 91.8 Å². The number of carbonyl (C=O) groups excluding carboxylic acids is 1. The number of carbonyl (C=O) groups is 1. The first-order valence-corrected chi connectivity index (χ1v) is 14.0. The predicted molar refractivity (Wildman–Crippen MR) is 161 cm³/mol. The van der Waals surface area contributed by atoms with Gasteiger partial charge in [0.15, 0.2) is 0 Å². The summed E-state index contributed by atoms with van der Waals surface area (Å²) in [5, 5.41) is 3.44. The zero-order valence-corrected chi connectivity index (χ0v) is 24.4. The summed E-state index contributed by atoms with van der Waals surface area (Å²) in [4.78, 5) is 11.8. The van der Waals surface area contributed by atoms with Gasteiger partial charge in [0.05, 0.1) is 13.2 Å². The van der Waals surface area contributed by atoms with E-state index in [4.69, 9.17) is 25.8 Å². The van der Waals surface area contributed by atoms with E-state index in [1.54, 1.807) is 0 Å². The van der Waals surface area contributed by atoms with E-state index in [1.807, 2.05) is 63.2 Å². The van der Waals surface area contributed by atoms with Crippen LogP contribution < -0.4 is 14.8 Å². The molecular weight excluding hydrogens is 510 g/mol. The Balaban J connectivity index is 1.83. The highest BCUT2D eigenvalue weighted by molar-refractivity contribution is 6.32. The molecule has 1 amide bonds. The molecule has 0 atom stereocenters. The molecule has 6 heteroatoms. The van der Waals surface area contributed by atoms with Gasteiger partial charge in [0.2, 0.25) is 0 Å². The lowest BCUT2D eigenvalue weighted by molar-refractivity contribution is 0.0520. The van der Waals surface area contributed by atoms with Gasteiger partial charge in [-0.2, -0.15) is 0 Å². The fourth-order valence-electron chi connectivity index (χ4n) is 4.13. The summed E-state index contributed by atoms with van der Waals surface area (Å²) in [6, 6.07) is 24.2. The van der Waals surface area contributed by atoms with Gasteiger partial charge in [-0.1, -0.05) is 74.3 Å². The molecule has 0 heterocycles. The molecule has 208 valence electrons. The van der Waals surface area contributed by atoms with E-state index in [9.17, 15) is 4.79 Å². The fourth-order valence-corrected chi connectivity index (χ4v) is 4.38. The molecule has 5 nitrogen and oxygen atoms in total. The summed E-state index contributed by atoms with van der Waals surface area (Å²) in [5.41, 5.74) is 4.92. The molecule has 3 aromatic rings. The van der Waals surface area contributed by atoms with Crippen molar-refractivity contribution in [2.75, 3.05) is 19.8 Å². The van der Waals surface area contributed by atoms with Crippen LogP contribution in [0.2, 0.25) is 5.02 Å². The van der Waals surface area contributed by atoms with Crippen molar-refractivity contribution in [3.8, 4) is 11.5 Å². The number of unbranched alkanes of at least 4 members (excludes halogenated alkanes) is 1. The molecule has 0 radical (unpaired) electrons. The van der Waals surface area contributed by atoms with Gasteiger partial charge < -0.3 is 19.5 Å². The van der Waals surface area contributed by atoms with E-state index in [0.717, 1.165) is 63.6 Å². The first kappa shape index (κ1) is 30.1. The number of ether oxygens (including phenoxy) is 3. The Labute approximate surface area is 238 Å². The zero-order valence-electron chi connectivity index (χ0n) is 23.7. The van der Waals surface area contributed by atoms with E-state index >= 15 is 0 Å². The van der Waals surface area contributed by atoms with Crippen LogP contribution in [0.5, 0.6) is 11.5 Å². The van der Waals surface area contributed by atoms with Crippen LogP contribution >= 0.6 is 11.6 Å². The number of hydrogen-bond donors (Lipinski definition) is 1. The Morgan fingerprint density at radius 3 is 1.90 bits per heavy atom. The van der Waals surface area contributed by atoms with Crippen molar-refractivity contribution >= 4 is 28.8 Å². The van der Waals surface area contributed by atoms with Crippen LogP contribution in [0.15, 0.2) is 72.8 Å². The third-order valence-electron chi connectivity index (χ3n) is 5.95. The number of benzene rings is 3. The maximum Gasteiger partial charge on any atom is 0.407 e. The Hall–Kier alpha value is -3.44. The number of hydrogen-bond acceptors (Lipinski definition) is 4. The Morgan fingerprint density at radius 1 is 0.821 bits per heavy atom. The number of rotatable bonds is 12. The van der Waals surface area contributed by atoms with E-state index in [1.165, 1.54) is 0 Å². The average molecular weight is 550 g/mol. The second-order valence-electron chi connectivity index (χ2n) is 10.2. The summed E-state index contributed by atoms with van der Waals surface area (Å²) < 4.78 is 17.0. The van der Waals surface area contributed by atoms with Crippen molar-refractivity contribution in [3.63, 3.8) is 0 Å². The molecule has 0 saturated heterocycles. The number of halogens is 1. The lowest BCUT2D eigenvalue weighted by Gasteiger charge is -2.19. The lowest BCUT2D eigenvalue weighted by atomic mass is 9.88. The highest BCUT2D eigenvalue weighted by atomic mass is 35.5. The molecule has 0 aliphatic heterocycles. The minimum absolute atomic E-state index is 0.334. The highest BCUT2D eigenvalue weighted by Crippen LogP contribution is 2.38. The molecule has 0 aliphatic carbocycles. The molecule has 3 rings (SSSR count). The van der Waals surface area contributed by atoms with Crippen LogP contribution in [0.3, 0.4) is 0 Å². The number of allylic oxidation sites excluding steroid dienone is 1. The average Bonchev–Trinajstić information content (AvgIpc) is 2.90. The van der Waals surface area contributed by atoms with E-state index in [0.29, 0.717) is 19.8 Å². The second kappa shape index (κ2) is 14.6. The van der Waals surface area contributed by atoms with Crippen molar-refractivity contribution in [1.82, 2.24) is 5.32 Å². The minimum Gasteiger partial charge on any atom is -0.494 e. The molecule has 0 spiro atoms. The topological polar surface area (TPSA) is 56.8 Å². The molecular formula is C33H40ClNO4. The van der Waals surface area contributed by atoms with Crippen LogP contribution in [0.1, 0.15) is 70.6 Å². The van der Waals surface area contributed by atoms with Gasteiger partial charge in [0.1, 0.15) is 23.7 Å². The van der Waals surface area contributed by atoms with Crippen LogP contribution in [0.25, 0.3) is 11.1 Å². The van der Waals surface area contributed by atoms with Crippen molar-refractivity contribution in [3.05, 3.63) is 94.5 Å². The first-order chi connectivity index (χ1) is 18.7. The monoisotopic (exact) mass is 549 g/mol. The second-order valence-corrected chi connectivity index (χ2v) is 10.6. The third kappa shape index (κ3) is 9.36. The summed E-state index contributed by atoms with van der Waals surface area (Å²) in [6.45, 7) is 11.2. The Kier molecular flexibility index (Phi) is 11.3. The van der Waals surface area contributed by atoms with Gasteiger partial charge in [-0.15, -0.1) is 0 Å². The van der Waals surface area contributed by atoms with Gasteiger partial charge in [0, 0.05) is 5.02 Å². The number of alkyl carbamates (subject to hydrolysis) is 1. The zero-order chi connectivity index (χ0) is 28.3. The molecule has 3 aromatic carbocycles. The molecule has 39 heavy (non-hydrogen) atoms. The molecule has 0 saturated carbocycles.